The maximum atomic E-state index is 6.36. The van der Waals surface area contributed by atoms with Gasteiger partial charge in [-0.15, -0.1) is 0 Å². The van der Waals surface area contributed by atoms with Gasteiger partial charge >= 0.3 is 0 Å². The highest BCUT2D eigenvalue weighted by molar-refractivity contribution is 8.13. The largest absolute Gasteiger partial charge is 0.323 e. The molecule has 3 nitrogen and oxygen atoms in total. The highest BCUT2D eigenvalue weighted by Gasteiger charge is 2.51. The minimum absolute atomic E-state index is 0.228. The summed E-state index contributed by atoms with van der Waals surface area (Å²) >= 11 is 12.7. The lowest BCUT2D eigenvalue weighted by molar-refractivity contribution is 0.352. The average Bonchev–Trinajstić information content (AvgIpc) is 3.44. The molecule has 0 bridgehead atoms. The van der Waals surface area contributed by atoms with E-state index in [1.54, 1.807) is 0 Å². The van der Waals surface area contributed by atoms with Crippen molar-refractivity contribution in [2.24, 2.45) is 0 Å². The quantitative estimate of drug-likeness (QED) is 0.543. The predicted octanol–water partition coefficient (Wildman–Crippen LogP) is 4.28. The third kappa shape index (κ3) is 2.01. The molecule has 3 aliphatic rings. The summed E-state index contributed by atoms with van der Waals surface area (Å²) in [5.41, 5.74) is 5.38. The Morgan fingerprint density at radius 2 is 1.88 bits per heavy atom. The van der Waals surface area contributed by atoms with E-state index in [0.29, 0.717) is 0 Å². The van der Waals surface area contributed by atoms with E-state index in [9.17, 15) is 0 Å². The third-order valence-electron chi connectivity index (χ3n) is 5.41. The van der Waals surface area contributed by atoms with Crippen LogP contribution in [0.3, 0.4) is 0 Å². The SMILES string of the molecule is CN1c2ccc(Cl)cc2C2c3ccccc3CCN2P1(=S)N1CC1. The Labute approximate surface area is 153 Å². The first-order valence-electron chi connectivity index (χ1n) is 8.35. The molecule has 2 unspecified atom stereocenters. The normalized spacial score (nSPS) is 28.9. The Bertz CT molecular complexity index is 882. The van der Waals surface area contributed by atoms with E-state index < -0.39 is 6.49 Å². The monoisotopic (exact) mass is 375 g/mol. The van der Waals surface area contributed by atoms with Gasteiger partial charge in [0.05, 0.1) is 6.04 Å². The maximum Gasteiger partial charge on any atom is 0.170 e. The molecule has 2 aromatic carbocycles. The fourth-order valence-corrected chi connectivity index (χ4v) is 8.67. The second kappa shape index (κ2) is 5.30. The maximum absolute atomic E-state index is 6.36. The number of anilines is 1. The second-order valence-corrected chi connectivity index (χ2v) is 11.3. The Hall–Kier alpha value is -0.900. The summed E-state index contributed by atoms with van der Waals surface area (Å²) in [6.07, 6.45) is 1.07. The highest BCUT2D eigenvalue weighted by Crippen LogP contribution is 2.68. The van der Waals surface area contributed by atoms with Crippen molar-refractivity contribution in [2.45, 2.75) is 12.5 Å². The first-order chi connectivity index (χ1) is 11.6. The van der Waals surface area contributed by atoms with E-state index in [0.717, 1.165) is 31.1 Å². The van der Waals surface area contributed by atoms with Gasteiger partial charge in [-0.1, -0.05) is 35.9 Å². The van der Waals surface area contributed by atoms with E-state index in [2.05, 4.69) is 57.5 Å². The van der Waals surface area contributed by atoms with Gasteiger partial charge in [0.15, 0.2) is 6.49 Å². The zero-order chi connectivity index (χ0) is 16.5. The van der Waals surface area contributed by atoms with E-state index in [-0.39, 0.29) is 6.04 Å². The number of nitrogens with zero attached hydrogens (tertiary/aromatic N) is 3. The first-order valence-corrected chi connectivity index (χ1v) is 11.4. The standard InChI is InChI=1S/C18H19ClN3PS/c1-20-17-7-6-14(19)12-16(17)18-15-5-3-2-4-13(15)8-9-22(18)23(20,24)21-10-11-21/h2-7,12,18H,8-11H2,1H3. The summed E-state index contributed by atoms with van der Waals surface area (Å²) in [5.74, 6) is 0. The summed E-state index contributed by atoms with van der Waals surface area (Å²) in [5, 5.41) is 0.798. The Morgan fingerprint density at radius 3 is 2.67 bits per heavy atom. The van der Waals surface area contributed by atoms with Gasteiger partial charge in [-0.2, -0.15) is 0 Å². The fraction of sp³-hybridized carbons (Fsp3) is 0.333. The Kier molecular flexibility index (Phi) is 3.39. The van der Waals surface area contributed by atoms with Gasteiger partial charge in [0.1, 0.15) is 0 Å². The number of rotatable bonds is 1. The smallest absolute Gasteiger partial charge is 0.170 e. The first kappa shape index (κ1) is 15.4. The number of benzene rings is 2. The van der Waals surface area contributed by atoms with Crippen molar-refractivity contribution < 1.29 is 0 Å². The summed E-state index contributed by atoms with van der Waals surface area (Å²) in [6, 6.07) is 15.3. The van der Waals surface area contributed by atoms with Crippen molar-refractivity contribution in [3.63, 3.8) is 0 Å². The summed E-state index contributed by atoms with van der Waals surface area (Å²) in [4.78, 5) is 0. The molecule has 0 spiro atoms. The molecule has 0 saturated carbocycles. The van der Waals surface area contributed by atoms with Crippen molar-refractivity contribution in [1.29, 1.82) is 0 Å². The molecule has 1 fully saturated rings. The summed E-state index contributed by atoms with van der Waals surface area (Å²) in [6.45, 7) is 1.35. The van der Waals surface area contributed by atoms with Crippen molar-refractivity contribution >= 4 is 35.6 Å². The molecule has 0 amide bonds. The molecule has 0 radical (unpaired) electrons. The molecule has 124 valence electrons. The molecule has 6 heteroatoms. The minimum atomic E-state index is -1.91. The van der Waals surface area contributed by atoms with E-state index >= 15 is 0 Å². The Morgan fingerprint density at radius 1 is 1.08 bits per heavy atom. The van der Waals surface area contributed by atoms with Gasteiger partial charge in [-0.3, -0.25) is 0 Å². The minimum Gasteiger partial charge on any atom is -0.323 e. The fourth-order valence-electron chi connectivity index (χ4n) is 4.17. The van der Waals surface area contributed by atoms with Crippen LogP contribution < -0.4 is 4.67 Å². The van der Waals surface area contributed by atoms with Crippen molar-refractivity contribution in [2.75, 3.05) is 31.4 Å². The molecule has 24 heavy (non-hydrogen) atoms. The average molecular weight is 376 g/mol. The molecule has 3 aliphatic heterocycles. The molecule has 1 saturated heterocycles. The molecule has 0 N–H and O–H groups in total. The molecular formula is C18H19ClN3PS. The van der Waals surface area contributed by atoms with E-state index in [1.807, 2.05) is 6.07 Å². The zero-order valence-electron chi connectivity index (χ0n) is 13.5. The van der Waals surface area contributed by atoms with Gasteiger partial charge in [0.25, 0.3) is 0 Å². The van der Waals surface area contributed by atoms with Crippen molar-refractivity contribution in [3.8, 4) is 0 Å². The van der Waals surface area contributed by atoms with E-state index in [1.165, 1.54) is 22.4 Å². The second-order valence-electron chi connectivity index (χ2n) is 6.71. The van der Waals surface area contributed by atoms with Crippen LogP contribution in [0.5, 0.6) is 0 Å². The highest BCUT2D eigenvalue weighted by atomic mass is 35.5. The van der Waals surface area contributed by atoms with Crippen LogP contribution in [0.4, 0.5) is 5.69 Å². The Balaban J connectivity index is 1.79. The molecule has 2 atom stereocenters. The van der Waals surface area contributed by atoms with Crippen LogP contribution in [-0.2, 0) is 18.2 Å². The molecule has 0 aliphatic carbocycles. The van der Waals surface area contributed by atoms with Crippen LogP contribution in [0.2, 0.25) is 5.02 Å². The molecule has 5 rings (SSSR count). The topological polar surface area (TPSA) is 9.49 Å². The molecule has 0 aromatic heterocycles. The van der Waals surface area contributed by atoms with Crippen LogP contribution >= 0.6 is 18.1 Å². The van der Waals surface area contributed by atoms with Gasteiger partial charge in [-0.05, 0) is 53.1 Å². The van der Waals surface area contributed by atoms with Gasteiger partial charge in [-0.25, -0.2) is 9.34 Å². The van der Waals surface area contributed by atoms with Crippen LogP contribution in [0.25, 0.3) is 0 Å². The number of hydrogen-bond acceptors (Lipinski definition) is 1. The predicted molar refractivity (Wildman–Crippen MR) is 104 cm³/mol. The van der Waals surface area contributed by atoms with Crippen LogP contribution in [-0.4, -0.2) is 36.0 Å². The number of halogens is 1. The zero-order valence-corrected chi connectivity index (χ0v) is 16.0. The van der Waals surface area contributed by atoms with Gasteiger partial charge in [0, 0.05) is 37.4 Å². The molecule has 2 aromatic rings. The molecular weight excluding hydrogens is 357 g/mol. The summed E-state index contributed by atoms with van der Waals surface area (Å²) < 4.78 is 7.45. The van der Waals surface area contributed by atoms with Gasteiger partial charge < -0.3 is 4.67 Å². The lowest BCUT2D eigenvalue weighted by atomic mass is 9.89. The number of hydrogen-bond donors (Lipinski definition) is 0. The van der Waals surface area contributed by atoms with E-state index in [4.69, 9.17) is 23.4 Å². The lowest BCUT2D eigenvalue weighted by Gasteiger charge is -2.53. The van der Waals surface area contributed by atoms with Crippen LogP contribution in [0.15, 0.2) is 42.5 Å². The van der Waals surface area contributed by atoms with Gasteiger partial charge in [0.2, 0.25) is 0 Å². The third-order valence-corrected chi connectivity index (χ3v) is 10.9. The van der Waals surface area contributed by atoms with Crippen molar-refractivity contribution in [1.82, 2.24) is 9.34 Å². The van der Waals surface area contributed by atoms with Crippen molar-refractivity contribution in [3.05, 3.63) is 64.2 Å². The lowest BCUT2D eigenvalue weighted by Crippen LogP contribution is -2.44. The van der Waals surface area contributed by atoms with Crippen LogP contribution in [0, 0.1) is 0 Å². The number of fused-ring (bicyclic) bond motifs is 5. The summed E-state index contributed by atoms with van der Waals surface area (Å²) in [7, 11) is 2.17. The molecule has 3 heterocycles. The van der Waals surface area contributed by atoms with Crippen LogP contribution in [0.1, 0.15) is 22.7 Å².